The van der Waals surface area contributed by atoms with Crippen LogP contribution in [0.5, 0.6) is 0 Å². The first-order valence-electron chi connectivity index (χ1n) is 10.2. The molecule has 0 atom stereocenters. The molecule has 10 heteroatoms. The number of aryl methyl sites for hydroxylation is 1. The molecule has 1 aromatic heterocycles. The molecule has 0 N–H and O–H groups in total. The van der Waals surface area contributed by atoms with Crippen molar-refractivity contribution in [2.24, 2.45) is 0 Å². The molecule has 0 spiro atoms. The first-order chi connectivity index (χ1) is 14.9. The fourth-order valence-electron chi connectivity index (χ4n) is 3.90. The number of benzene rings is 1. The quantitative estimate of drug-likeness (QED) is 0.707. The Morgan fingerprint density at radius 1 is 1.13 bits per heavy atom. The molecule has 2 saturated heterocycles. The van der Waals surface area contributed by atoms with Crippen LogP contribution in [0.25, 0.3) is 0 Å². The molecule has 0 bridgehead atoms. The van der Waals surface area contributed by atoms with Crippen LogP contribution in [-0.2, 0) is 14.8 Å². The Morgan fingerprint density at radius 2 is 1.77 bits per heavy atom. The van der Waals surface area contributed by atoms with Gasteiger partial charge < -0.3 is 14.1 Å². The molecule has 1 aromatic carbocycles. The second-order valence-corrected chi connectivity index (χ2v) is 9.61. The molecular weight excluding hydrogens is 420 g/mol. The number of nitrogens with zero attached hydrogens (tertiary/aromatic N) is 4. The van der Waals surface area contributed by atoms with Gasteiger partial charge in [-0.3, -0.25) is 4.79 Å². The molecule has 0 unspecified atom stereocenters. The van der Waals surface area contributed by atoms with Crippen molar-refractivity contribution in [1.82, 2.24) is 14.2 Å². The van der Waals surface area contributed by atoms with Crippen LogP contribution >= 0.6 is 0 Å². The van der Waals surface area contributed by atoms with E-state index in [0.29, 0.717) is 75.1 Å². The molecule has 4 rings (SSSR count). The van der Waals surface area contributed by atoms with E-state index in [-0.39, 0.29) is 16.7 Å². The number of sulfonamides is 1. The monoisotopic (exact) mass is 444 g/mol. The highest BCUT2D eigenvalue weighted by atomic mass is 32.2. The van der Waals surface area contributed by atoms with Crippen LogP contribution in [0.15, 0.2) is 33.6 Å². The minimum absolute atomic E-state index is 0.0441. The molecule has 9 nitrogen and oxygen atoms in total. The van der Waals surface area contributed by atoms with Crippen LogP contribution in [0.4, 0.5) is 0 Å². The molecule has 2 aliphatic rings. The summed E-state index contributed by atoms with van der Waals surface area (Å²) in [5.41, 5.74) is 0.740. The highest BCUT2D eigenvalue weighted by molar-refractivity contribution is 7.89. The van der Waals surface area contributed by atoms with E-state index < -0.39 is 10.0 Å². The number of hydrogen-bond donors (Lipinski definition) is 0. The molecule has 164 valence electrons. The van der Waals surface area contributed by atoms with E-state index >= 15 is 0 Å². The van der Waals surface area contributed by atoms with Gasteiger partial charge in [0.15, 0.2) is 11.6 Å². The first-order valence-corrected chi connectivity index (χ1v) is 11.7. The number of carbonyl (C=O) groups is 1. The van der Waals surface area contributed by atoms with Gasteiger partial charge in [-0.05, 0) is 44.0 Å². The summed E-state index contributed by atoms with van der Waals surface area (Å²) in [6.45, 7) is 4.50. The standard InChI is InChI=1S/C21H24N4O5S/c1-15-19(21(26)24-10-12-29-13-11-24)23-20(30-15)17-6-8-25(9-7-17)31(27,28)18-4-2-16(14-22)3-5-18/h2-5,17H,6-13H2,1H3. The Morgan fingerprint density at radius 3 is 2.39 bits per heavy atom. The number of morpholine rings is 1. The maximum Gasteiger partial charge on any atom is 0.276 e. The Labute approximate surface area is 181 Å². The van der Waals surface area contributed by atoms with Crippen molar-refractivity contribution in [3.05, 3.63) is 47.2 Å². The number of rotatable bonds is 4. The number of carbonyl (C=O) groups excluding carboxylic acids is 1. The highest BCUT2D eigenvalue weighted by Crippen LogP contribution is 2.31. The van der Waals surface area contributed by atoms with Crippen LogP contribution in [0.2, 0.25) is 0 Å². The molecule has 31 heavy (non-hydrogen) atoms. The van der Waals surface area contributed by atoms with Crippen molar-refractivity contribution in [3.63, 3.8) is 0 Å². The Balaban J connectivity index is 1.43. The van der Waals surface area contributed by atoms with E-state index in [1.54, 1.807) is 11.8 Å². The summed E-state index contributed by atoms with van der Waals surface area (Å²) in [5, 5.41) is 8.89. The average Bonchev–Trinajstić information content (AvgIpc) is 3.20. The minimum Gasteiger partial charge on any atom is -0.445 e. The zero-order chi connectivity index (χ0) is 22.0. The third kappa shape index (κ3) is 4.35. The fourth-order valence-corrected chi connectivity index (χ4v) is 5.37. The normalized spacial score (nSPS) is 18.6. The summed E-state index contributed by atoms with van der Waals surface area (Å²) < 4.78 is 38.3. The number of hydrogen-bond acceptors (Lipinski definition) is 7. The zero-order valence-corrected chi connectivity index (χ0v) is 18.1. The topological polar surface area (TPSA) is 117 Å². The number of piperidine rings is 1. The van der Waals surface area contributed by atoms with Gasteiger partial charge in [-0.2, -0.15) is 9.57 Å². The third-order valence-corrected chi connectivity index (χ3v) is 7.65. The summed E-state index contributed by atoms with van der Waals surface area (Å²) in [7, 11) is -3.62. The number of nitriles is 1. The number of amides is 1. The van der Waals surface area contributed by atoms with Gasteiger partial charge in [0.2, 0.25) is 10.0 Å². The van der Waals surface area contributed by atoms with Crippen LogP contribution in [0.1, 0.15) is 46.5 Å². The van der Waals surface area contributed by atoms with Gasteiger partial charge in [0, 0.05) is 32.1 Å². The Bertz CT molecular complexity index is 1090. The van der Waals surface area contributed by atoms with Gasteiger partial charge in [0.05, 0.1) is 29.7 Å². The van der Waals surface area contributed by atoms with E-state index in [0.717, 1.165) is 0 Å². The SMILES string of the molecule is Cc1oc(C2CCN(S(=O)(=O)c3ccc(C#N)cc3)CC2)nc1C(=O)N1CCOCC1. The number of aromatic nitrogens is 1. The molecule has 1 amide bonds. The van der Waals surface area contributed by atoms with E-state index in [4.69, 9.17) is 14.4 Å². The predicted molar refractivity (Wildman–Crippen MR) is 110 cm³/mol. The lowest BCUT2D eigenvalue weighted by Gasteiger charge is -2.29. The van der Waals surface area contributed by atoms with Gasteiger partial charge in [-0.25, -0.2) is 13.4 Å². The fraction of sp³-hybridized carbons (Fsp3) is 0.476. The molecule has 2 fully saturated rings. The zero-order valence-electron chi connectivity index (χ0n) is 17.3. The summed E-state index contributed by atoms with van der Waals surface area (Å²) in [4.78, 5) is 19.1. The van der Waals surface area contributed by atoms with Crippen LogP contribution in [0, 0.1) is 18.3 Å². The summed E-state index contributed by atoms with van der Waals surface area (Å²) >= 11 is 0. The lowest BCUT2D eigenvalue weighted by atomic mass is 9.98. The number of ether oxygens (including phenoxy) is 1. The lowest BCUT2D eigenvalue weighted by Crippen LogP contribution is -2.41. The smallest absolute Gasteiger partial charge is 0.276 e. The molecule has 2 aromatic rings. The maximum atomic E-state index is 12.9. The minimum atomic E-state index is -3.62. The van der Waals surface area contributed by atoms with E-state index in [2.05, 4.69) is 4.98 Å². The van der Waals surface area contributed by atoms with Gasteiger partial charge in [0.1, 0.15) is 5.76 Å². The van der Waals surface area contributed by atoms with Gasteiger partial charge in [0.25, 0.3) is 5.91 Å². The summed E-state index contributed by atoms with van der Waals surface area (Å²) in [6, 6.07) is 7.91. The molecule has 3 heterocycles. The second kappa shape index (κ2) is 8.78. The van der Waals surface area contributed by atoms with E-state index in [9.17, 15) is 13.2 Å². The predicted octanol–water partition coefficient (Wildman–Crippen LogP) is 1.90. The van der Waals surface area contributed by atoms with Crippen molar-refractivity contribution in [2.45, 2.75) is 30.6 Å². The molecular formula is C21H24N4O5S. The molecule has 0 aliphatic carbocycles. The third-order valence-electron chi connectivity index (χ3n) is 5.74. The first kappa shape index (κ1) is 21.5. The number of oxazole rings is 1. The van der Waals surface area contributed by atoms with Gasteiger partial charge in [-0.15, -0.1) is 0 Å². The Kier molecular flexibility index (Phi) is 6.09. The molecule has 2 aliphatic heterocycles. The largest absolute Gasteiger partial charge is 0.445 e. The second-order valence-electron chi connectivity index (χ2n) is 7.68. The summed E-state index contributed by atoms with van der Waals surface area (Å²) in [6.07, 6.45) is 1.11. The summed E-state index contributed by atoms with van der Waals surface area (Å²) in [5.74, 6) is 0.776. The van der Waals surface area contributed by atoms with Gasteiger partial charge in [-0.1, -0.05) is 0 Å². The van der Waals surface area contributed by atoms with E-state index in [1.165, 1.54) is 28.6 Å². The molecule has 0 radical (unpaired) electrons. The lowest BCUT2D eigenvalue weighted by molar-refractivity contribution is 0.0298. The Hall–Kier alpha value is -2.74. The van der Waals surface area contributed by atoms with Crippen LogP contribution < -0.4 is 0 Å². The van der Waals surface area contributed by atoms with E-state index in [1.807, 2.05) is 6.07 Å². The average molecular weight is 445 g/mol. The van der Waals surface area contributed by atoms with Crippen LogP contribution in [-0.4, -0.2) is 67.9 Å². The van der Waals surface area contributed by atoms with Gasteiger partial charge >= 0.3 is 0 Å². The van der Waals surface area contributed by atoms with Crippen molar-refractivity contribution in [1.29, 1.82) is 5.26 Å². The highest BCUT2D eigenvalue weighted by Gasteiger charge is 2.33. The van der Waals surface area contributed by atoms with Crippen molar-refractivity contribution in [3.8, 4) is 6.07 Å². The maximum absolute atomic E-state index is 12.9. The van der Waals surface area contributed by atoms with Crippen molar-refractivity contribution in [2.75, 3.05) is 39.4 Å². The molecule has 0 saturated carbocycles. The van der Waals surface area contributed by atoms with Crippen molar-refractivity contribution < 1.29 is 22.4 Å². The van der Waals surface area contributed by atoms with Crippen LogP contribution in [0.3, 0.4) is 0 Å². The van der Waals surface area contributed by atoms with Crippen molar-refractivity contribution >= 4 is 15.9 Å².